The Labute approximate surface area is 103 Å². The van der Waals surface area contributed by atoms with Gasteiger partial charge in [-0.1, -0.05) is 12.2 Å². The Kier molecular flexibility index (Phi) is 2.61. The van der Waals surface area contributed by atoms with Gasteiger partial charge in [-0.05, 0) is 56.4 Å². The largest absolute Gasteiger partial charge is 0.335 e. The van der Waals surface area contributed by atoms with Gasteiger partial charge in [0.2, 0.25) is 5.91 Å². The maximum atomic E-state index is 11.9. The molecule has 0 radical (unpaired) electrons. The van der Waals surface area contributed by atoms with Crippen LogP contribution in [0.3, 0.4) is 0 Å². The maximum Gasteiger partial charge on any atom is 0.249 e. The molecule has 3 aliphatic rings. The highest BCUT2D eigenvalue weighted by atomic mass is 16.2. The van der Waals surface area contributed by atoms with E-state index in [1.807, 2.05) is 11.8 Å². The molecule has 0 N–H and O–H groups in total. The van der Waals surface area contributed by atoms with Crippen LogP contribution in [-0.4, -0.2) is 23.9 Å². The minimum absolute atomic E-state index is 0.265. The van der Waals surface area contributed by atoms with Crippen molar-refractivity contribution in [3.8, 4) is 0 Å². The van der Waals surface area contributed by atoms with E-state index in [0.29, 0.717) is 0 Å². The summed E-state index contributed by atoms with van der Waals surface area (Å²) >= 11 is 0. The first-order chi connectivity index (χ1) is 8.15. The molecule has 2 nitrogen and oxygen atoms in total. The van der Waals surface area contributed by atoms with E-state index in [9.17, 15) is 4.79 Å². The molecule has 0 spiro atoms. The van der Waals surface area contributed by atoms with Gasteiger partial charge in [0.15, 0.2) is 0 Å². The van der Waals surface area contributed by atoms with Gasteiger partial charge in [-0.15, -0.1) is 0 Å². The van der Waals surface area contributed by atoms with Gasteiger partial charge < -0.3 is 4.90 Å². The highest BCUT2D eigenvalue weighted by Crippen LogP contribution is 2.45. The summed E-state index contributed by atoms with van der Waals surface area (Å²) in [6.45, 7) is 5.85. The van der Waals surface area contributed by atoms with Crippen LogP contribution < -0.4 is 0 Å². The van der Waals surface area contributed by atoms with Gasteiger partial charge in [0.1, 0.15) is 0 Å². The van der Waals surface area contributed by atoms with Crippen molar-refractivity contribution in [1.82, 2.24) is 4.90 Å². The Bertz CT molecular complexity index is 407. The molecule has 2 aliphatic carbocycles. The van der Waals surface area contributed by atoms with Crippen molar-refractivity contribution in [1.29, 1.82) is 0 Å². The number of carbonyl (C=O) groups excluding carboxylic acids is 1. The van der Waals surface area contributed by atoms with Crippen molar-refractivity contribution in [2.75, 3.05) is 13.1 Å². The number of allylic oxidation sites excluding steroid dienone is 2. The standard InChI is InChI=1S/C15H21NO/c1-10-9-16(15(17)11(10)2)6-5-14-8-12-3-4-13(14)7-12/h3-4,12-14H,5-9H2,1-2H3. The van der Waals surface area contributed by atoms with Gasteiger partial charge in [-0.2, -0.15) is 0 Å². The summed E-state index contributed by atoms with van der Waals surface area (Å²) in [5.41, 5.74) is 2.22. The fourth-order valence-electron chi connectivity index (χ4n) is 3.63. The number of amides is 1. The van der Waals surface area contributed by atoms with Crippen LogP contribution in [0.15, 0.2) is 23.3 Å². The average molecular weight is 231 g/mol. The van der Waals surface area contributed by atoms with Crippen molar-refractivity contribution in [2.24, 2.45) is 17.8 Å². The van der Waals surface area contributed by atoms with Crippen LogP contribution in [0, 0.1) is 17.8 Å². The van der Waals surface area contributed by atoms with Gasteiger partial charge in [-0.25, -0.2) is 0 Å². The Morgan fingerprint density at radius 3 is 2.65 bits per heavy atom. The first kappa shape index (κ1) is 11.1. The average Bonchev–Trinajstić information content (AvgIpc) is 2.98. The first-order valence-electron chi connectivity index (χ1n) is 6.79. The van der Waals surface area contributed by atoms with Crippen LogP contribution in [0.2, 0.25) is 0 Å². The molecular weight excluding hydrogens is 210 g/mol. The zero-order chi connectivity index (χ0) is 12.0. The maximum absolute atomic E-state index is 11.9. The third-order valence-corrected chi connectivity index (χ3v) is 4.86. The summed E-state index contributed by atoms with van der Waals surface area (Å²) in [5.74, 6) is 2.76. The number of rotatable bonds is 3. The van der Waals surface area contributed by atoms with Gasteiger partial charge in [0, 0.05) is 18.7 Å². The molecule has 0 saturated heterocycles. The zero-order valence-electron chi connectivity index (χ0n) is 10.8. The molecule has 92 valence electrons. The molecule has 1 fully saturated rings. The van der Waals surface area contributed by atoms with E-state index >= 15 is 0 Å². The second-order valence-corrected chi connectivity index (χ2v) is 5.96. The minimum Gasteiger partial charge on any atom is -0.335 e. The fraction of sp³-hybridized carbons (Fsp3) is 0.667. The van der Waals surface area contributed by atoms with Gasteiger partial charge in [-0.3, -0.25) is 4.79 Å². The van der Waals surface area contributed by atoms with E-state index in [2.05, 4.69) is 19.1 Å². The lowest BCUT2D eigenvalue weighted by atomic mass is 9.90. The first-order valence-corrected chi connectivity index (χ1v) is 6.79. The van der Waals surface area contributed by atoms with Crippen molar-refractivity contribution in [3.05, 3.63) is 23.3 Å². The van der Waals surface area contributed by atoms with E-state index in [4.69, 9.17) is 0 Å². The highest BCUT2D eigenvalue weighted by Gasteiger charge is 2.36. The third kappa shape index (κ3) is 1.84. The molecule has 2 heteroatoms. The Hall–Kier alpha value is -1.05. The normalized spacial score (nSPS) is 35.5. The summed E-state index contributed by atoms with van der Waals surface area (Å²) in [6.07, 6.45) is 8.71. The summed E-state index contributed by atoms with van der Waals surface area (Å²) in [7, 11) is 0. The summed E-state index contributed by atoms with van der Waals surface area (Å²) in [4.78, 5) is 14.0. The molecule has 17 heavy (non-hydrogen) atoms. The smallest absolute Gasteiger partial charge is 0.249 e. The van der Waals surface area contributed by atoms with Crippen LogP contribution in [0.4, 0.5) is 0 Å². The second-order valence-electron chi connectivity index (χ2n) is 5.96. The minimum atomic E-state index is 0.265. The van der Waals surface area contributed by atoms with Crippen molar-refractivity contribution >= 4 is 5.91 Å². The van der Waals surface area contributed by atoms with E-state index < -0.39 is 0 Å². The molecule has 3 unspecified atom stereocenters. The number of fused-ring (bicyclic) bond motifs is 2. The van der Waals surface area contributed by atoms with Crippen molar-refractivity contribution in [2.45, 2.75) is 33.1 Å². The number of carbonyl (C=O) groups is 1. The summed E-state index contributed by atoms with van der Waals surface area (Å²) in [5, 5.41) is 0. The van der Waals surface area contributed by atoms with Crippen molar-refractivity contribution < 1.29 is 4.79 Å². The fourth-order valence-corrected chi connectivity index (χ4v) is 3.63. The quantitative estimate of drug-likeness (QED) is 0.684. The van der Waals surface area contributed by atoms with E-state index in [-0.39, 0.29) is 5.91 Å². The topological polar surface area (TPSA) is 20.3 Å². The predicted molar refractivity (Wildman–Crippen MR) is 68.4 cm³/mol. The molecule has 3 rings (SSSR count). The monoisotopic (exact) mass is 231 g/mol. The number of nitrogens with zero attached hydrogens (tertiary/aromatic N) is 1. The predicted octanol–water partition coefficient (Wildman–Crippen LogP) is 2.77. The molecule has 1 saturated carbocycles. The lowest BCUT2D eigenvalue weighted by molar-refractivity contribution is -0.125. The van der Waals surface area contributed by atoms with Gasteiger partial charge in [0.25, 0.3) is 0 Å². The molecule has 3 atom stereocenters. The molecule has 1 aliphatic heterocycles. The van der Waals surface area contributed by atoms with E-state index in [0.717, 1.165) is 36.4 Å². The van der Waals surface area contributed by atoms with E-state index in [1.54, 1.807) is 0 Å². The Balaban J connectivity index is 1.53. The third-order valence-electron chi connectivity index (χ3n) is 4.86. The van der Waals surface area contributed by atoms with Crippen LogP contribution in [0.5, 0.6) is 0 Å². The molecule has 1 amide bonds. The summed E-state index contributed by atoms with van der Waals surface area (Å²) in [6, 6.07) is 0. The lowest BCUT2D eigenvalue weighted by Crippen LogP contribution is -2.29. The van der Waals surface area contributed by atoms with Crippen LogP contribution in [0.25, 0.3) is 0 Å². The van der Waals surface area contributed by atoms with Gasteiger partial charge in [0.05, 0.1) is 0 Å². The number of hydrogen-bond donors (Lipinski definition) is 0. The van der Waals surface area contributed by atoms with Crippen molar-refractivity contribution in [3.63, 3.8) is 0 Å². The molecule has 2 bridgehead atoms. The molecule has 0 aromatic heterocycles. The Morgan fingerprint density at radius 1 is 1.29 bits per heavy atom. The zero-order valence-corrected chi connectivity index (χ0v) is 10.8. The van der Waals surface area contributed by atoms with Crippen LogP contribution >= 0.6 is 0 Å². The molecule has 0 aromatic rings. The lowest BCUT2D eigenvalue weighted by Gasteiger charge is -2.22. The molecule has 1 heterocycles. The van der Waals surface area contributed by atoms with Crippen LogP contribution in [-0.2, 0) is 4.79 Å². The van der Waals surface area contributed by atoms with E-state index in [1.165, 1.54) is 24.8 Å². The molecule has 0 aromatic carbocycles. The Morgan fingerprint density at radius 2 is 2.12 bits per heavy atom. The van der Waals surface area contributed by atoms with Gasteiger partial charge >= 0.3 is 0 Å². The molecular formula is C15H21NO. The SMILES string of the molecule is CC1=C(C)C(=O)N(CCC2CC3C=CC2C3)C1. The van der Waals surface area contributed by atoms with Crippen LogP contribution in [0.1, 0.15) is 33.1 Å². The summed E-state index contributed by atoms with van der Waals surface area (Å²) < 4.78 is 0. The second kappa shape index (κ2) is 4.01. The number of hydrogen-bond acceptors (Lipinski definition) is 1. The highest BCUT2D eigenvalue weighted by molar-refractivity contribution is 5.96.